The lowest BCUT2D eigenvalue weighted by atomic mass is 10.2. The van der Waals surface area contributed by atoms with Crippen molar-refractivity contribution in [1.82, 2.24) is 9.55 Å². The molecule has 6 heteroatoms. The smallest absolute Gasteiger partial charge is 0.304 e. The van der Waals surface area contributed by atoms with Crippen molar-refractivity contribution in [2.45, 2.75) is 6.54 Å². The highest BCUT2D eigenvalue weighted by molar-refractivity contribution is 5.75. The molecule has 0 atom stereocenters. The molecule has 20 heavy (non-hydrogen) atoms. The molecular weight excluding hydrogens is 261 g/mol. The molecule has 1 aromatic heterocycles. The molecule has 0 spiro atoms. The number of hydrogen-bond acceptors (Lipinski definition) is 3. The van der Waals surface area contributed by atoms with E-state index in [0.29, 0.717) is 12.1 Å². The second kappa shape index (κ2) is 4.73. The summed E-state index contributed by atoms with van der Waals surface area (Å²) in [7, 11) is 0. The van der Waals surface area contributed by atoms with Crippen LogP contribution in [-0.4, -0.2) is 14.5 Å². The van der Waals surface area contributed by atoms with E-state index in [1.54, 1.807) is 12.4 Å². The van der Waals surface area contributed by atoms with Crippen LogP contribution in [0.2, 0.25) is 0 Å². The van der Waals surface area contributed by atoms with Gasteiger partial charge in [0.15, 0.2) is 0 Å². The van der Waals surface area contributed by atoms with E-state index in [1.165, 1.54) is 12.1 Å². The van der Waals surface area contributed by atoms with Crippen molar-refractivity contribution in [2.24, 2.45) is 0 Å². The lowest BCUT2D eigenvalue weighted by Crippen LogP contribution is -2.00. The largest absolute Gasteiger partial charge is 0.326 e. The van der Waals surface area contributed by atoms with E-state index >= 15 is 0 Å². The van der Waals surface area contributed by atoms with E-state index in [2.05, 4.69) is 4.98 Å². The summed E-state index contributed by atoms with van der Waals surface area (Å²) in [5.41, 5.74) is 1.93. The topological polar surface area (TPSA) is 61.0 Å². The fraction of sp³-hybridized carbons (Fsp3) is 0.0714. The fourth-order valence-corrected chi connectivity index (χ4v) is 2.13. The van der Waals surface area contributed by atoms with Gasteiger partial charge in [0.1, 0.15) is 0 Å². The monoisotopic (exact) mass is 271 g/mol. The maximum Gasteiger partial charge on any atom is 0.304 e. The molecule has 0 bridgehead atoms. The molecular formula is C14H10FN3O2. The third kappa shape index (κ3) is 2.11. The van der Waals surface area contributed by atoms with Gasteiger partial charge < -0.3 is 4.57 Å². The number of nitro benzene ring substituents is 1. The van der Waals surface area contributed by atoms with E-state index < -0.39 is 16.4 Å². The Morgan fingerprint density at radius 3 is 2.80 bits per heavy atom. The van der Waals surface area contributed by atoms with Crippen LogP contribution in [0.1, 0.15) is 5.56 Å². The lowest BCUT2D eigenvalue weighted by Gasteiger charge is -2.05. The number of benzene rings is 2. The molecule has 5 nitrogen and oxygen atoms in total. The lowest BCUT2D eigenvalue weighted by molar-refractivity contribution is -0.387. The first kappa shape index (κ1) is 12.3. The van der Waals surface area contributed by atoms with Crippen LogP contribution < -0.4 is 0 Å². The highest BCUT2D eigenvalue weighted by Gasteiger charge is 2.14. The van der Waals surface area contributed by atoms with Crippen LogP contribution in [0, 0.1) is 15.9 Å². The minimum atomic E-state index is -0.822. The van der Waals surface area contributed by atoms with Gasteiger partial charge in [-0.25, -0.2) is 4.98 Å². The molecule has 2 aromatic carbocycles. The summed E-state index contributed by atoms with van der Waals surface area (Å²) >= 11 is 0. The zero-order valence-corrected chi connectivity index (χ0v) is 10.4. The number of hydrogen-bond donors (Lipinski definition) is 0. The van der Waals surface area contributed by atoms with Crippen LogP contribution in [0.25, 0.3) is 11.0 Å². The zero-order chi connectivity index (χ0) is 14.1. The Morgan fingerprint density at radius 2 is 2.05 bits per heavy atom. The molecule has 0 fully saturated rings. The Kier molecular flexibility index (Phi) is 2.90. The van der Waals surface area contributed by atoms with Crippen molar-refractivity contribution in [1.29, 1.82) is 0 Å². The van der Waals surface area contributed by atoms with Gasteiger partial charge in [-0.2, -0.15) is 4.39 Å². The van der Waals surface area contributed by atoms with Crippen LogP contribution in [-0.2, 0) is 6.54 Å². The number of rotatable bonds is 3. The van der Waals surface area contributed by atoms with Gasteiger partial charge >= 0.3 is 5.69 Å². The number of aromatic nitrogens is 2. The minimum Gasteiger partial charge on any atom is -0.326 e. The molecule has 0 saturated carbocycles. The molecule has 0 N–H and O–H groups in total. The highest BCUT2D eigenvalue weighted by atomic mass is 19.1. The summed E-state index contributed by atoms with van der Waals surface area (Å²) in [6.07, 6.45) is 1.67. The normalized spacial score (nSPS) is 10.8. The Balaban J connectivity index is 1.95. The third-order valence-corrected chi connectivity index (χ3v) is 3.09. The van der Waals surface area contributed by atoms with E-state index in [4.69, 9.17) is 0 Å². The molecule has 100 valence electrons. The van der Waals surface area contributed by atoms with Crippen molar-refractivity contribution in [3.63, 3.8) is 0 Å². The Hall–Kier alpha value is -2.76. The first-order chi connectivity index (χ1) is 9.65. The maximum atomic E-state index is 13.6. The first-order valence-electron chi connectivity index (χ1n) is 5.98. The van der Waals surface area contributed by atoms with Gasteiger partial charge in [-0.05, 0) is 23.8 Å². The SMILES string of the molecule is O=[N+]([O-])c1ccc(Cn2cnc3ccccc32)cc1F. The molecule has 3 rings (SSSR count). The zero-order valence-electron chi connectivity index (χ0n) is 10.4. The van der Waals surface area contributed by atoms with Gasteiger partial charge in [0, 0.05) is 12.6 Å². The summed E-state index contributed by atoms with van der Waals surface area (Å²) in [6, 6.07) is 11.5. The van der Waals surface area contributed by atoms with Crippen LogP contribution in [0.3, 0.4) is 0 Å². The van der Waals surface area contributed by atoms with Gasteiger partial charge in [-0.1, -0.05) is 18.2 Å². The van der Waals surface area contributed by atoms with Crippen LogP contribution >= 0.6 is 0 Å². The summed E-state index contributed by atoms with van der Waals surface area (Å²) in [5, 5.41) is 10.6. The Bertz CT molecular complexity index is 798. The van der Waals surface area contributed by atoms with Crippen LogP contribution in [0.5, 0.6) is 0 Å². The van der Waals surface area contributed by atoms with Gasteiger partial charge in [0.2, 0.25) is 5.82 Å². The summed E-state index contributed by atoms with van der Waals surface area (Å²) in [4.78, 5) is 14.1. The van der Waals surface area contributed by atoms with Crippen molar-refractivity contribution < 1.29 is 9.31 Å². The molecule has 0 amide bonds. The number of halogens is 1. The van der Waals surface area contributed by atoms with E-state index in [0.717, 1.165) is 11.0 Å². The van der Waals surface area contributed by atoms with E-state index in [-0.39, 0.29) is 0 Å². The van der Waals surface area contributed by atoms with Gasteiger partial charge in [0.25, 0.3) is 0 Å². The predicted molar refractivity (Wildman–Crippen MR) is 71.9 cm³/mol. The minimum absolute atomic E-state index is 0.412. The molecule has 0 radical (unpaired) electrons. The quantitative estimate of drug-likeness (QED) is 0.543. The Labute approximate surface area is 113 Å². The average Bonchev–Trinajstić information content (AvgIpc) is 2.82. The molecule has 0 saturated heterocycles. The van der Waals surface area contributed by atoms with Crippen molar-refractivity contribution in [3.05, 3.63) is 70.3 Å². The number of imidazole rings is 1. The molecule has 0 aliphatic rings. The summed E-state index contributed by atoms with van der Waals surface area (Å²) in [5.74, 6) is -0.822. The molecule has 3 aromatic rings. The van der Waals surface area contributed by atoms with Gasteiger partial charge in [-0.3, -0.25) is 10.1 Å². The van der Waals surface area contributed by atoms with Crippen molar-refractivity contribution in [2.75, 3.05) is 0 Å². The molecule has 0 aliphatic heterocycles. The Morgan fingerprint density at radius 1 is 1.25 bits per heavy atom. The molecule has 0 aliphatic carbocycles. The third-order valence-electron chi connectivity index (χ3n) is 3.09. The second-order valence-electron chi connectivity index (χ2n) is 4.40. The van der Waals surface area contributed by atoms with Gasteiger partial charge in [-0.15, -0.1) is 0 Å². The number of para-hydroxylation sites is 2. The van der Waals surface area contributed by atoms with Crippen molar-refractivity contribution in [3.8, 4) is 0 Å². The first-order valence-corrected chi connectivity index (χ1v) is 5.98. The maximum absolute atomic E-state index is 13.6. The number of fused-ring (bicyclic) bond motifs is 1. The van der Waals surface area contributed by atoms with Gasteiger partial charge in [0.05, 0.1) is 22.3 Å². The molecule has 1 heterocycles. The molecule has 0 unspecified atom stereocenters. The number of nitrogens with zero attached hydrogens (tertiary/aromatic N) is 3. The second-order valence-corrected chi connectivity index (χ2v) is 4.40. The van der Waals surface area contributed by atoms with Crippen molar-refractivity contribution >= 4 is 16.7 Å². The van der Waals surface area contributed by atoms with E-state index in [1.807, 2.05) is 28.8 Å². The average molecular weight is 271 g/mol. The van der Waals surface area contributed by atoms with E-state index in [9.17, 15) is 14.5 Å². The fourth-order valence-electron chi connectivity index (χ4n) is 2.13. The predicted octanol–water partition coefficient (Wildman–Crippen LogP) is 3.13. The van der Waals surface area contributed by atoms with Crippen LogP contribution in [0.15, 0.2) is 48.8 Å². The van der Waals surface area contributed by atoms with Crippen LogP contribution in [0.4, 0.5) is 10.1 Å². The number of nitro groups is 1. The standard InChI is InChI=1S/C14H10FN3O2/c15-11-7-10(5-6-13(11)18(19)20)8-17-9-16-12-3-1-2-4-14(12)17/h1-7,9H,8H2. The summed E-state index contributed by atoms with van der Waals surface area (Å²) < 4.78 is 15.4. The summed E-state index contributed by atoms with van der Waals surface area (Å²) in [6.45, 7) is 0.412. The highest BCUT2D eigenvalue weighted by Crippen LogP contribution is 2.20.